The molecule has 30 heavy (non-hydrogen) atoms. The third-order valence-electron chi connectivity index (χ3n) is 5.83. The molecule has 3 rings (SSSR count). The highest BCUT2D eigenvalue weighted by Crippen LogP contribution is 2.22. The molecule has 0 aromatic heterocycles. The summed E-state index contributed by atoms with van der Waals surface area (Å²) >= 11 is 5.97. The predicted molar refractivity (Wildman–Crippen MR) is 127 cm³/mol. The van der Waals surface area contributed by atoms with Crippen LogP contribution in [0.3, 0.4) is 0 Å². The van der Waals surface area contributed by atoms with Crippen molar-refractivity contribution in [2.75, 3.05) is 49.5 Å². The number of carbonyl (C=O) groups is 1. The summed E-state index contributed by atoms with van der Waals surface area (Å²) in [7, 11) is 0. The zero-order valence-corrected chi connectivity index (χ0v) is 18.8. The largest absolute Gasteiger partial charge is 0.371 e. The van der Waals surface area contributed by atoms with Crippen LogP contribution in [0.2, 0.25) is 5.02 Å². The summed E-state index contributed by atoms with van der Waals surface area (Å²) in [6.07, 6.45) is 2.32. The van der Waals surface area contributed by atoms with Gasteiger partial charge in [-0.1, -0.05) is 31.5 Å². The first-order valence-corrected chi connectivity index (χ1v) is 11.3. The average molecular weight is 429 g/mol. The number of halogens is 1. The fourth-order valence-electron chi connectivity index (χ4n) is 3.90. The summed E-state index contributed by atoms with van der Waals surface area (Å²) in [5.41, 5.74) is 2.55. The minimum absolute atomic E-state index is 0.151. The molecule has 0 bridgehead atoms. The molecule has 0 spiro atoms. The van der Waals surface area contributed by atoms with E-state index >= 15 is 0 Å². The van der Waals surface area contributed by atoms with Gasteiger partial charge in [0.25, 0.3) is 5.91 Å². The molecule has 0 aliphatic carbocycles. The molecule has 2 N–H and O–H groups in total. The highest BCUT2D eigenvalue weighted by molar-refractivity contribution is 6.31. The molecule has 0 saturated carbocycles. The molecule has 1 aliphatic rings. The standard InChI is InChI=1S/C24H33ClN4O/c1-3-28(4-2)17-14-26-21-12-15-29(16-13-21)23-10-8-22(9-11-23)27-24(30)19-6-5-7-20(25)18-19/h5-11,18,21,26H,3-4,12-17H2,1-2H3,(H,27,30). The van der Waals surface area contributed by atoms with Crippen LogP contribution in [-0.2, 0) is 0 Å². The molecule has 1 saturated heterocycles. The molecule has 2 aromatic carbocycles. The first kappa shape index (κ1) is 22.6. The summed E-state index contributed by atoms with van der Waals surface area (Å²) in [4.78, 5) is 17.2. The lowest BCUT2D eigenvalue weighted by molar-refractivity contribution is 0.102. The second-order valence-electron chi connectivity index (χ2n) is 7.75. The lowest BCUT2D eigenvalue weighted by Crippen LogP contribution is -2.44. The van der Waals surface area contributed by atoms with Crippen molar-refractivity contribution in [2.45, 2.75) is 32.7 Å². The minimum Gasteiger partial charge on any atom is -0.371 e. The number of carbonyl (C=O) groups excluding carboxylic acids is 1. The Labute approximate surface area is 185 Å². The van der Waals surface area contributed by atoms with Gasteiger partial charge in [0.2, 0.25) is 0 Å². The van der Waals surface area contributed by atoms with Crippen LogP contribution >= 0.6 is 11.6 Å². The maximum Gasteiger partial charge on any atom is 0.255 e. The first-order chi connectivity index (χ1) is 14.6. The molecule has 0 unspecified atom stereocenters. The van der Waals surface area contributed by atoms with Gasteiger partial charge in [0.15, 0.2) is 0 Å². The summed E-state index contributed by atoms with van der Waals surface area (Å²) < 4.78 is 0. The van der Waals surface area contributed by atoms with Gasteiger partial charge in [0, 0.05) is 54.2 Å². The summed E-state index contributed by atoms with van der Waals surface area (Å²) in [5, 5.41) is 7.21. The van der Waals surface area contributed by atoms with E-state index in [0.717, 1.165) is 57.8 Å². The third kappa shape index (κ3) is 6.46. The maximum atomic E-state index is 12.4. The Kier molecular flexibility index (Phi) is 8.55. The van der Waals surface area contributed by atoms with Crippen LogP contribution in [0.5, 0.6) is 0 Å². The van der Waals surface area contributed by atoms with Gasteiger partial charge in [-0.2, -0.15) is 0 Å². The van der Waals surface area contributed by atoms with Crippen LogP contribution in [0.25, 0.3) is 0 Å². The van der Waals surface area contributed by atoms with Crippen LogP contribution in [0.4, 0.5) is 11.4 Å². The number of nitrogens with zero attached hydrogens (tertiary/aromatic N) is 2. The van der Waals surface area contributed by atoms with Gasteiger partial charge >= 0.3 is 0 Å². The molecule has 0 atom stereocenters. The number of anilines is 2. The van der Waals surface area contributed by atoms with Gasteiger partial charge < -0.3 is 20.4 Å². The van der Waals surface area contributed by atoms with Crippen molar-refractivity contribution in [3.8, 4) is 0 Å². The average Bonchev–Trinajstić information content (AvgIpc) is 2.78. The molecule has 1 amide bonds. The van der Waals surface area contributed by atoms with Crippen LogP contribution in [0.15, 0.2) is 48.5 Å². The molecule has 1 aliphatic heterocycles. The molecular weight excluding hydrogens is 396 g/mol. The summed E-state index contributed by atoms with van der Waals surface area (Å²) in [5.74, 6) is -0.151. The van der Waals surface area contributed by atoms with Crippen LogP contribution in [0, 0.1) is 0 Å². The molecular formula is C24H33ClN4O. The Morgan fingerprint density at radius 1 is 1.10 bits per heavy atom. The van der Waals surface area contributed by atoms with Gasteiger partial charge in [-0.15, -0.1) is 0 Å². The molecule has 0 radical (unpaired) electrons. The highest BCUT2D eigenvalue weighted by Gasteiger charge is 2.19. The van der Waals surface area contributed by atoms with Gasteiger partial charge in [-0.25, -0.2) is 0 Å². The predicted octanol–water partition coefficient (Wildman–Crippen LogP) is 4.49. The maximum absolute atomic E-state index is 12.4. The number of piperidine rings is 1. The Bertz CT molecular complexity index is 799. The normalized spacial score (nSPS) is 14.9. The second-order valence-corrected chi connectivity index (χ2v) is 8.19. The minimum atomic E-state index is -0.151. The van der Waals surface area contributed by atoms with Crippen LogP contribution < -0.4 is 15.5 Å². The van der Waals surface area contributed by atoms with Crippen molar-refractivity contribution in [3.63, 3.8) is 0 Å². The van der Waals surface area contributed by atoms with Crippen molar-refractivity contribution < 1.29 is 4.79 Å². The van der Waals surface area contributed by atoms with E-state index < -0.39 is 0 Å². The third-order valence-corrected chi connectivity index (χ3v) is 6.06. The number of nitrogens with one attached hydrogen (secondary N) is 2. The first-order valence-electron chi connectivity index (χ1n) is 11.0. The van der Waals surface area contributed by atoms with E-state index in [4.69, 9.17) is 11.6 Å². The Morgan fingerprint density at radius 2 is 1.80 bits per heavy atom. The van der Waals surface area contributed by atoms with E-state index in [-0.39, 0.29) is 5.91 Å². The molecule has 6 heteroatoms. The van der Waals surface area contributed by atoms with E-state index in [1.165, 1.54) is 5.69 Å². The van der Waals surface area contributed by atoms with Crippen molar-refractivity contribution in [3.05, 3.63) is 59.1 Å². The van der Waals surface area contributed by atoms with Gasteiger partial charge in [0.1, 0.15) is 0 Å². The van der Waals surface area contributed by atoms with Crippen molar-refractivity contribution in [1.29, 1.82) is 0 Å². The van der Waals surface area contributed by atoms with Crippen molar-refractivity contribution in [1.82, 2.24) is 10.2 Å². The number of amides is 1. The van der Waals surface area contributed by atoms with E-state index in [1.54, 1.807) is 24.3 Å². The highest BCUT2D eigenvalue weighted by atomic mass is 35.5. The molecule has 2 aromatic rings. The smallest absolute Gasteiger partial charge is 0.255 e. The Morgan fingerprint density at radius 3 is 2.43 bits per heavy atom. The van der Waals surface area contributed by atoms with E-state index in [9.17, 15) is 4.79 Å². The summed E-state index contributed by atoms with van der Waals surface area (Å²) in [6, 6.07) is 15.7. The van der Waals surface area contributed by atoms with E-state index in [1.807, 2.05) is 12.1 Å². The molecule has 162 valence electrons. The SMILES string of the molecule is CCN(CC)CCNC1CCN(c2ccc(NC(=O)c3cccc(Cl)c3)cc2)CC1. The Hall–Kier alpha value is -2.08. The van der Waals surface area contributed by atoms with Crippen LogP contribution in [-0.4, -0.2) is 56.1 Å². The number of rotatable bonds is 9. The molecule has 5 nitrogen and oxygen atoms in total. The lowest BCUT2D eigenvalue weighted by atomic mass is 10.0. The zero-order valence-electron chi connectivity index (χ0n) is 18.0. The fourth-order valence-corrected chi connectivity index (χ4v) is 4.09. The van der Waals surface area contributed by atoms with Crippen molar-refractivity contribution >= 4 is 28.9 Å². The van der Waals surface area contributed by atoms with Gasteiger partial charge in [0.05, 0.1) is 0 Å². The quantitative estimate of drug-likeness (QED) is 0.617. The van der Waals surface area contributed by atoms with Gasteiger partial charge in [-0.3, -0.25) is 4.79 Å². The number of hydrogen-bond donors (Lipinski definition) is 2. The van der Waals surface area contributed by atoms with E-state index in [0.29, 0.717) is 16.6 Å². The monoisotopic (exact) mass is 428 g/mol. The summed E-state index contributed by atoms with van der Waals surface area (Å²) in [6.45, 7) is 11.0. The molecule has 1 fully saturated rings. The molecule has 1 heterocycles. The number of hydrogen-bond acceptors (Lipinski definition) is 4. The van der Waals surface area contributed by atoms with E-state index in [2.05, 4.69) is 46.4 Å². The van der Waals surface area contributed by atoms with Crippen molar-refractivity contribution in [2.24, 2.45) is 0 Å². The second kappa shape index (κ2) is 11.3. The lowest BCUT2D eigenvalue weighted by Gasteiger charge is -2.34. The number of benzene rings is 2. The zero-order chi connectivity index (χ0) is 21.3. The fraction of sp³-hybridized carbons (Fsp3) is 0.458. The van der Waals surface area contributed by atoms with Crippen LogP contribution in [0.1, 0.15) is 37.0 Å². The van der Waals surface area contributed by atoms with Gasteiger partial charge in [-0.05, 0) is 68.4 Å². The Balaban J connectivity index is 1.45. The number of likely N-dealkylation sites (N-methyl/N-ethyl adjacent to an activating group) is 1. The topological polar surface area (TPSA) is 47.6 Å².